The van der Waals surface area contributed by atoms with Gasteiger partial charge in [0.1, 0.15) is 17.5 Å². The minimum absolute atomic E-state index is 0.374. The monoisotopic (exact) mass is 269 g/mol. The molecule has 0 saturated carbocycles. The van der Waals surface area contributed by atoms with Gasteiger partial charge in [0.2, 0.25) is 0 Å². The molecule has 0 aromatic carbocycles. The van der Waals surface area contributed by atoms with Crippen LogP contribution in [0, 0.1) is 17.2 Å². The number of pyridine rings is 1. The van der Waals surface area contributed by atoms with Crippen LogP contribution in [0.4, 0.5) is 5.82 Å². The standard InChI is InChI=1S/C15H15N3S/c1-9-4-5-12-10(7-9)14(13-3-2-6-19-13)11(8-16)15(17)18-12/h2-3,6,9H,4-5,7H2,1H3,(H2,17,18). The van der Waals surface area contributed by atoms with E-state index in [0.29, 0.717) is 17.3 Å². The highest BCUT2D eigenvalue weighted by molar-refractivity contribution is 7.13. The molecule has 2 aromatic heterocycles. The average Bonchev–Trinajstić information content (AvgIpc) is 2.91. The SMILES string of the molecule is CC1CCc2nc(N)c(C#N)c(-c3cccs3)c2C1. The molecule has 1 aliphatic rings. The molecule has 0 aliphatic heterocycles. The number of nitrogen functional groups attached to an aromatic ring is 1. The Labute approximate surface area is 116 Å². The highest BCUT2D eigenvalue weighted by Gasteiger charge is 2.24. The van der Waals surface area contributed by atoms with Crippen LogP contribution in [-0.4, -0.2) is 4.98 Å². The zero-order valence-corrected chi connectivity index (χ0v) is 11.6. The van der Waals surface area contributed by atoms with E-state index in [1.165, 1.54) is 5.56 Å². The third-order valence-corrected chi connectivity index (χ3v) is 4.60. The van der Waals surface area contributed by atoms with E-state index in [2.05, 4.69) is 24.0 Å². The summed E-state index contributed by atoms with van der Waals surface area (Å²) < 4.78 is 0. The van der Waals surface area contributed by atoms with E-state index in [-0.39, 0.29) is 0 Å². The first-order chi connectivity index (χ1) is 9.20. The Bertz CT molecular complexity index is 653. The normalized spacial score (nSPS) is 17.8. The molecule has 1 atom stereocenters. The quantitative estimate of drug-likeness (QED) is 0.863. The van der Waals surface area contributed by atoms with E-state index >= 15 is 0 Å². The predicted octanol–water partition coefficient (Wildman–Crippen LogP) is 3.39. The third kappa shape index (κ3) is 2.00. The first kappa shape index (κ1) is 12.2. The molecular weight excluding hydrogens is 254 g/mol. The van der Waals surface area contributed by atoms with Gasteiger partial charge in [-0.25, -0.2) is 4.98 Å². The Morgan fingerprint density at radius 2 is 2.37 bits per heavy atom. The second-order valence-electron chi connectivity index (χ2n) is 5.11. The zero-order chi connectivity index (χ0) is 13.4. The summed E-state index contributed by atoms with van der Waals surface area (Å²) >= 11 is 1.65. The van der Waals surface area contributed by atoms with Crippen LogP contribution in [0.2, 0.25) is 0 Å². The van der Waals surface area contributed by atoms with Gasteiger partial charge in [-0.1, -0.05) is 13.0 Å². The number of hydrogen-bond donors (Lipinski definition) is 1. The first-order valence-corrected chi connectivity index (χ1v) is 7.34. The number of aryl methyl sites for hydroxylation is 1. The van der Waals surface area contributed by atoms with Gasteiger partial charge in [-0.3, -0.25) is 0 Å². The fraction of sp³-hybridized carbons (Fsp3) is 0.333. The number of nitrogens with two attached hydrogens (primary N) is 1. The fourth-order valence-electron chi connectivity index (χ4n) is 2.76. The summed E-state index contributed by atoms with van der Waals surface area (Å²) in [7, 11) is 0. The van der Waals surface area contributed by atoms with Gasteiger partial charge in [0, 0.05) is 16.1 Å². The van der Waals surface area contributed by atoms with Gasteiger partial charge in [0.25, 0.3) is 0 Å². The molecule has 3 nitrogen and oxygen atoms in total. The number of rotatable bonds is 1. The van der Waals surface area contributed by atoms with Crippen LogP contribution in [0.5, 0.6) is 0 Å². The van der Waals surface area contributed by atoms with Crippen molar-refractivity contribution in [3.8, 4) is 16.5 Å². The van der Waals surface area contributed by atoms with Gasteiger partial charge >= 0.3 is 0 Å². The number of hydrogen-bond acceptors (Lipinski definition) is 4. The molecule has 19 heavy (non-hydrogen) atoms. The lowest BCUT2D eigenvalue weighted by Crippen LogP contribution is -2.16. The summed E-state index contributed by atoms with van der Waals surface area (Å²) in [4.78, 5) is 5.57. The lowest BCUT2D eigenvalue weighted by Gasteiger charge is -2.24. The largest absolute Gasteiger partial charge is 0.383 e. The van der Waals surface area contributed by atoms with Crippen molar-refractivity contribution in [1.29, 1.82) is 5.26 Å². The molecule has 2 heterocycles. The molecule has 3 rings (SSSR count). The van der Waals surface area contributed by atoms with Crippen molar-refractivity contribution in [3.63, 3.8) is 0 Å². The molecule has 4 heteroatoms. The van der Waals surface area contributed by atoms with E-state index < -0.39 is 0 Å². The minimum Gasteiger partial charge on any atom is -0.383 e. The van der Waals surface area contributed by atoms with E-state index in [1.807, 2.05) is 11.4 Å². The van der Waals surface area contributed by atoms with Crippen molar-refractivity contribution in [1.82, 2.24) is 4.98 Å². The second kappa shape index (κ2) is 4.67. The summed E-state index contributed by atoms with van der Waals surface area (Å²) in [5.41, 5.74) is 9.84. The molecule has 0 spiro atoms. The van der Waals surface area contributed by atoms with Crippen molar-refractivity contribution >= 4 is 17.2 Å². The van der Waals surface area contributed by atoms with Gasteiger partial charge in [-0.2, -0.15) is 5.26 Å². The average molecular weight is 269 g/mol. The number of thiophene rings is 1. The molecule has 2 N–H and O–H groups in total. The molecule has 96 valence electrons. The zero-order valence-electron chi connectivity index (χ0n) is 10.8. The highest BCUT2D eigenvalue weighted by atomic mass is 32.1. The molecule has 1 aliphatic carbocycles. The number of nitrogens with zero attached hydrogens (tertiary/aromatic N) is 2. The summed E-state index contributed by atoms with van der Waals surface area (Å²) in [6.07, 6.45) is 3.10. The van der Waals surface area contributed by atoms with Gasteiger partial charge in [-0.15, -0.1) is 11.3 Å². The number of anilines is 1. The van der Waals surface area contributed by atoms with Gasteiger partial charge in [0.05, 0.1) is 0 Å². The summed E-state index contributed by atoms with van der Waals surface area (Å²) in [6.45, 7) is 2.25. The predicted molar refractivity (Wildman–Crippen MR) is 77.9 cm³/mol. The van der Waals surface area contributed by atoms with Crippen LogP contribution in [0.1, 0.15) is 30.2 Å². The van der Waals surface area contributed by atoms with Crippen molar-refractivity contribution in [2.24, 2.45) is 5.92 Å². The number of fused-ring (bicyclic) bond motifs is 1. The van der Waals surface area contributed by atoms with E-state index in [1.54, 1.807) is 11.3 Å². The lowest BCUT2D eigenvalue weighted by atomic mass is 9.83. The Morgan fingerprint density at radius 1 is 1.53 bits per heavy atom. The molecule has 0 saturated heterocycles. The van der Waals surface area contributed by atoms with Crippen LogP contribution in [0.15, 0.2) is 17.5 Å². The molecule has 0 radical (unpaired) electrons. The molecular formula is C15H15N3S. The van der Waals surface area contributed by atoms with Crippen LogP contribution in [0.25, 0.3) is 10.4 Å². The maximum Gasteiger partial charge on any atom is 0.142 e. The van der Waals surface area contributed by atoms with Crippen LogP contribution in [-0.2, 0) is 12.8 Å². The van der Waals surface area contributed by atoms with Crippen LogP contribution < -0.4 is 5.73 Å². The van der Waals surface area contributed by atoms with Crippen LogP contribution in [0.3, 0.4) is 0 Å². The Kier molecular flexibility index (Phi) is 3.00. The second-order valence-corrected chi connectivity index (χ2v) is 6.06. The maximum absolute atomic E-state index is 9.40. The van der Waals surface area contributed by atoms with E-state index in [0.717, 1.165) is 35.4 Å². The van der Waals surface area contributed by atoms with Gasteiger partial charge in [0.15, 0.2) is 0 Å². The van der Waals surface area contributed by atoms with Crippen molar-refractivity contribution in [3.05, 3.63) is 34.3 Å². The fourth-order valence-corrected chi connectivity index (χ4v) is 3.56. The first-order valence-electron chi connectivity index (χ1n) is 6.46. The van der Waals surface area contributed by atoms with Gasteiger partial charge in [-0.05, 0) is 42.2 Å². The topological polar surface area (TPSA) is 62.7 Å². The third-order valence-electron chi connectivity index (χ3n) is 3.72. The smallest absolute Gasteiger partial charge is 0.142 e. The highest BCUT2D eigenvalue weighted by Crippen LogP contribution is 2.38. The molecule has 2 aromatic rings. The lowest BCUT2D eigenvalue weighted by molar-refractivity contribution is 0.495. The molecule has 0 fully saturated rings. The minimum atomic E-state index is 0.374. The Morgan fingerprint density at radius 3 is 3.05 bits per heavy atom. The maximum atomic E-state index is 9.40. The number of nitriles is 1. The number of aromatic nitrogens is 1. The summed E-state index contributed by atoms with van der Waals surface area (Å²) in [6, 6.07) is 6.30. The Hall–Kier alpha value is -1.86. The van der Waals surface area contributed by atoms with Crippen molar-refractivity contribution < 1.29 is 0 Å². The molecule has 0 amide bonds. The van der Waals surface area contributed by atoms with E-state index in [9.17, 15) is 5.26 Å². The van der Waals surface area contributed by atoms with Crippen molar-refractivity contribution in [2.45, 2.75) is 26.2 Å². The van der Waals surface area contributed by atoms with Crippen molar-refractivity contribution in [2.75, 3.05) is 5.73 Å². The van der Waals surface area contributed by atoms with Gasteiger partial charge < -0.3 is 5.73 Å². The van der Waals surface area contributed by atoms with E-state index in [4.69, 9.17) is 5.73 Å². The molecule has 0 bridgehead atoms. The summed E-state index contributed by atoms with van der Waals surface area (Å²) in [5.74, 6) is 1.02. The van der Waals surface area contributed by atoms with Crippen LogP contribution >= 0.6 is 11.3 Å². The Balaban J connectivity index is 2.30. The summed E-state index contributed by atoms with van der Waals surface area (Å²) in [5, 5.41) is 11.4. The molecule has 1 unspecified atom stereocenters.